The van der Waals surface area contributed by atoms with Gasteiger partial charge in [-0.1, -0.05) is 36.7 Å². The van der Waals surface area contributed by atoms with Gasteiger partial charge in [-0.3, -0.25) is 4.79 Å². The van der Waals surface area contributed by atoms with E-state index in [2.05, 4.69) is 11.9 Å². The Morgan fingerprint density at radius 3 is 2.95 bits per heavy atom. The molecular formula is C13H16ClN3OS. The van der Waals surface area contributed by atoms with E-state index < -0.39 is 0 Å². The van der Waals surface area contributed by atoms with Crippen LogP contribution in [-0.4, -0.2) is 35.1 Å². The first-order chi connectivity index (χ1) is 9.08. The standard InChI is InChI=1S/C13H16ClN3OS/c1-3-4-7-17(2)13(18)9-19-12-6-5-10(14)11(8-15)16-12/h5-6H,3-4,7,9H2,1-2H3. The third-order valence-corrected chi connectivity index (χ3v) is 3.76. The molecule has 1 aromatic rings. The van der Waals surface area contributed by atoms with E-state index in [0.717, 1.165) is 19.4 Å². The number of unbranched alkanes of at least 4 members (excludes halogenated alkanes) is 1. The van der Waals surface area contributed by atoms with Crippen molar-refractivity contribution in [3.8, 4) is 6.07 Å². The van der Waals surface area contributed by atoms with E-state index in [1.54, 1.807) is 24.1 Å². The Balaban J connectivity index is 2.53. The molecule has 1 aromatic heterocycles. The molecule has 6 heteroatoms. The fourth-order valence-corrected chi connectivity index (χ4v) is 2.31. The maximum absolute atomic E-state index is 11.8. The molecule has 0 saturated heterocycles. The Hall–Kier alpha value is -1.25. The Kier molecular flexibility index (Phi) is 6.68. The van der Waals surface area contributed by atoms with Crippen molar-refractivity contribution in [1.82, 2.24) is 9.88 Å². The fraction of sp³-hybridized carbons (Fsp3) is 0.462. The third-order valence-electron chi connectivity index (χ3n) is 2.54. The van der Waals surface area contributed by atoms with Crippen molar-refractivity contribution in [2.75, 3.05) is 19.3 Å². The van der Waals surface area contributed by atoms with E-state index in [1.165, 1.54) is 11.8 Å². The van der Waals surface area contributed by atoms with Crippen molar-refractivity contribution >= 4 is 29.3 Å². The van der Waals surface area contributed by atoms with Gasteiger partial charge in [-0.2, -0.15) is 5.26 Å². The van der Waals surface area contributed by atoms with Crippen LogP contribution < -0.4 is 0 Å². The summed E-state index contributed by atoms with van der Waals surface area (Å²) in [6, 6.07) is 5.26. The van der Waals surface area contributed by atoms with E-state index in [0.29, 0.717) is 15.8 Å². The molecule has 0 aromatic carbocycles. The minimum absolute atomic E-state index is 0.0636. The van der Waals surface area contributed by atoms with Crippen molar-refractivity contribution in [2.45, 2.75) is 24.8 Å². The normalized spacial score (nSPS) is 10.0. The second-order valence-electron chi connectivity index (χ2n) is 4.05. The van der Waals surface area contributed by atoms with Crippen LogP contribution in [0.2, 0.25) is 5.02 Å². The first kappa shape index (κ1) is 15.8. The Morgan fingerprint density at radius 2 is 2.32 bits per heavy atom. The van der Waals surface area contributed by atoms with Crippen LogP contribution in [0, 0.1) is 11.3 Å². The molecule has 102 valence electrons. The van der Waals surface area contributed by atoms with E-state index in [1.807, 2.05) is 6.07 Å². The number of rotatable bonds is 6. The van der Waals surface area contributed by atoms with Gasteiger partial charge in [-0.15, -0.1) is 0 Å². The smallest absolute Gasteiger partial charge is 0.232 e. The van der Waals surface area contributed by atoms with Crippen LogP contribution in [0.5, 0.6) is 0 Å². The monoisotopic (exact) mass is 297 g/mol. The zero-order chi connectivity index (χ0) is 14.3. The first-order valence-corrected chi connectivity index (χ1v) is 7.38. The molecule has 0 fully saturated rings. The van der Waals surface area contributed by atoms with Gasteiger partial charge < -0.3 is 4.90 Å². The lowest BCUT2D eigenvalue weighted by Crippen LogP contribution is -2.29. The molecule has 0 atom stereocenters. The van der Waals surface area contributed by atoms with E-state index in [4.69, 9.17) is 16.9 Å². The second-order valence-corrected chi connectivity index (χ2v) is 5.45. The number of nitriles is 1. The molecule has 0 spiro atoms. The van der Waals surface area contributed by atoms with Crippen LogP contribution >= 0.6 is 23.4 Å². The maximum Gasteiger partial charge on any atom is 0.232 e. The Labute approximate surface area is 122 Å². The summed E-state index contributed by atoms with van der Waals surface area (Å²) in [5, 5.41) is 9.79. The number of carbonyl (C=O) groups is 1. The van der Waals surface area contributed by atoms with Gasteiger partial charge in [-0.05, 0) is 18.6 Å². The molecule has 19 heavy (non-hydrogen) atoms. The molecule has 0 N–H and O–H groups in total. The molecule has 1 heterocycles. The molecule has 0 saturated carbocycles. The summed E-state index contributed by atoms with van der Waals surface area (Å²) in [4.78, 5) is 17.6. The Bertz CT molecular complexity index is 487. The predicted molar refractivity (Wildman–Crippen MR) is 77.2 cm³/mol. The largest absolute Gasteiger partial charge is 0.345 e. The van der Waals surface area contributed by atoms with Crippen molar-refractivity contribution in [1.29, 1.82) is 5.26 Å². The minimum atomic E-state index is 0.0636. The van der Waals surface area contributed by atoms with Gasteiger partial charge in [0.15, 0.2) is 5.69 Å². The van der Waals surface area contributed by atoms with Crippen molar-refractivity contribution < 1.29 is 4.79 Å². The highest BCUT2D eigenvalue weighted by molar-refractivity contribution is 7.99. The van der Waals surface area contributed by atoms with Crippen molar-refractivity contribution in [3.63, 3.8) is 0 Å². The summed E-state index contributed by atoms with van der Waals surface area (Å²) >= 11 is 7.11. The number of hydrogen-bond donors (Lipinski definition) is 0. The average Bonchev–Trinajstić information content (AvgIpc) is 2.43. The maximum atomic E-state index is 11.8. The van der Waals surface area contributed by atoms with Crippen molar-refractivity contribution in [3.05, 3.63) is 22.8 Å². The van der Waals surface area contributed by atoms with E-state index in [-0.39, 0.29) is 11.6 Å². The number of carbonyl (C=O) groups excluding carboxylic acids is 1. The highest BCUT2D eigenvalue weighted by Gasteiger charge is 2.10. The number of amides is 1. The molecule has 0 unspecified atom stereocenters. The molecule has 0 bridgehead atoms. The molecule has 4 nitrogen and oxygen atoms in total. The summed E-state index contributed by atoms with van der Waals surface area (Å²) in [6.45, 7) is 2.86. The number of hydrogen-bond acceptors (Lipinski definition) is 4. The van der Waals surface area contributed by atoms with E-state index >= 15 is 0 Å². The van der Waals surface area contributed by atoms with Gasteiger partial charge in [0.1, 0.15) is 6.07 Å². The molecular weight excluding hydrogens is 282 g/mol. The number of thioether (sulfide) groups is 1. The Morgan fingerprint density at radius 1 is 1.58 bits per heavy atom. The quantitative estimate of drug-likeness (QED) is 0.758. The summed E-state index contributed by atoms with van der Waals surface area (Å²) in [5.74, 6) is 0.383. The zero-order valence-electron chi connectivity index (χ0n) is 11.0. The predicted octanol–water partition coefficient (Wildman–Crippen LogP) is 2.96. The van der Waals surface area contributed by atoms with E-state index in [9.17, 15) is 4.79 Å². The van der Waals surface area contributed by atoms with Crippen LogP contribution in [-0.2, 0) is 4.79 Å². The molecule has 0 aliphatic carbocycles. The molecule has 0 aliphatic heterocycles. The lowest BCUT2D eigenvalue weighted by molar-refractivity contribution is -0.127. The van der Waals surface area contributed by atoms with Gasteiger partial charge in [0.05, 0.1) is 15.8 Å². The molecule has 0 radical (unpaired) electrons. The lowest BCUT2D eigenvalue weighted by Gasteiger charge is -2.16. The summed E-state index contributed by atoms with van der Waals surface area (Å²) < 4.78 is 0. The number of halogens is 1. The summed E-state index contributed by atoms with van der Waals surface area (Å²) in [5.41, 5.74) is 0.193. The van der Waals surface area contributed by atoms with Gasteiger partial charge >= 0.3 is 0 Å². The number of nitrogens with zero attached hydrogens (tertiary/aromatic N) is 3. The fourth-order valence-electron chi connectivity index (χ4n) is 1.35. The van der Waals surface area contributed by atoms with Gasteiger partial charge in [0, 0.05) is 13.6 Å². The van der Waals surface area contributed by atoms with Crippen molar-refractivity contribution in [2.24, 2.45) is 0 Å². The topological polar surface area (TPSA) is 57.0 Å². The second kappa shape index (κ2) is 8.03. The first-order valence-electron chi connectivity index (χ1n) is 6.02. The minimum Gasteiger partial charge on any atom is -0.345 e. The van der Waals surface area contributed by atoms with Crippen LogP contribution in [0.4, 0.5) is 0 Å². The van der Waals surface area contributed by atoms with Crippen LogP contribution in [0.15, 0.2) is 17.2 Å². The lowest BCUT2D eigenvalue weighted by atomic mass is 10.3. The molecule has 1 rings (SSSR count). The number of aromatic nitrogens is 1. The highest BCUT2D eigenvalue weighted by atomic mass is 35.5. The number of pyridine rings is 1. The summed E-state index contributed by atoms with van der Waals surface area (Å²) in [6.07, 6.45) is 2.07. The zero-order valence-corrected chi connectivity index (χ0v) is 12.6. The highest BCUT2D eigenvalue weighted by Crippen LogP contribution is 2.20. The van der Waals surface area contributed by atoms with Crippen LogP contribution in [0.1, 0.15) is 25.5 Å². The van der Waals surface area contributed by atoms with Crippen LogP contribution in [0.3, 0.4) is 0 Å². The average molecular weight is 298 g/mol. The van der Waals surface area contributed by atoms with Gasteiger partial charge in [-0.25, -0.2) is 4.98 Å². The SMILES string of the molecule is CCCCN(C)C(=O)CSc1ccc(Cl)c(C#N)n1. The molecule has 1 amide bonds. The van der Waals surface area contributed by atoms with Gasteiger partial charge in [0.25, 0.3) is 0 Å². The van der Waals surface area contributed by atoms with Crippen LogP contribution in [0.25, 0.3) is 0 Å². The summed E-state index contributed by atoms with van der Waals surface area (Å²) in [7, 11) is 1.80. The molecule has 0 aliphatic rings. The third kappa shape index (κ3) is 5.09. The van der Waals surface area contributed by atoms with Gasteiger partial charge in [0.2, 0.25) is 5.91 Å².